The number of rotatable bonds is 5. The molecule has 3 rings (SSSR count). The molecule has 8 heteroatoms. The number of para-hydroxylation sites is 2. The van der Waals surface area contributed by atoms with Crippen molar-refractivity contribution in [2.75, 3.05) is 11.9 Å². The Bertz CT molecular complexity index is 886. The number of ether oxygens (including phenoxy) is 1. The maximum atomic E-state index is 12.3. The van der Waals surface area contributed by atoms with Gasteiger partial charge in [0, 0.05) is 11.6 Å². The third-order valence-electron chi connectivity index (χ3n) is 3.34. The van der Waals surface area contributed by atoms with Gasteiger partial charge in [-0.2, -0.15) is 0 Å². The van der Waals surface area contributed by atoms with Crippen molar-refractivity contribution in [1.82, 2.24) is 9.97 Å². The Labute approximate surface area is 136 Å². The number of nitro groups is 1. The van der Waals surface area contributed by atoms with E-state index in [1.54, 1.807) is 6.92 Å². The van der Waals surface area contributed by atoms with E-state index in [-0.39, 0.29) is 22.9 Å². The van der Waals surface area contributed by atoms with E-state index in [0.29, 0.717) is 12.1 Å². The molecule has 24 heavy (non-hydrogen) atoms. The van der Waals surface area contributed by atoms with Crippen LogP contribution in [0.25, 0.3) is 11.0 Å². The molecular weight excluding hydrogens is 312 g/mol. The number of nitro benzene ring substituents is 1. The summed E-state index contributed by atoms with van der Waals surface area (Å²) in [6.07, 6.45) is 0. The zero-order valence-corrected chi connectivity index (χ0v) is 12.8. The van der Waals surface area contributed by atoms with E-state index in [4.69, 9.17) is 4.74 Å². The highest BCUT2D eigenvalue weighted by molar-refractivity contribution is 6.04. The van der Waals surface area contributed by atoms with Crippen LogP contribution in [0.1, 0.15) is 17.3 Å². The van der Waals surface area contributed by atoms with E-state index < -0.39 is 10.8 Å². The van der Waals surface area contributed by atoms with Crippen molar-refractivity contribution in [2.24, 2.45) is 0 Å². The Balaban J connectivity index is 1.86. The van der Waals surface area contributed by atoms with Gasteiger partial charge in [-0.25, -0.2) is 4.98 Å². The molecule has 0 saturated carbocycles. The fourth-order valence-electron chi connectivity index (χ4n) is 2.27. The zero-order chi connectivity index (χ0) is 17.1. The van der Waals surface area contributed by atoms with Crippen LogP contribution in [0.5, 0.6) is 5.75 Å². The molecule has 0 saturated heterocycles. The normalized spacial score (nSPS) is 10.5. The lowest BCUT2D eigenvalue weighted by Crippen LogP contribution is -2.13. The van der Waals surface area contributed by atoms with Crippen molar-refractivity contribution in [2.45, 2.75) is 6.92 Å². The molecule has 1 heterocycles. The van der Waals surface area contributed by atoms with Gasteiger partial charge in [0.1, 0.15) is 0 Å². The highest BCUT2D eigenvalue weighted by Crippen LogP contribution is 2.28. The van der Waals surface area contributed by atoms with Crippen molar-refractivity contribution in [1.29, 1.82) is 0 Å². The number of hydrogen-bond donors (Lipinski definition) is 2. The number of nitrogens with one attached hydrogen (secondary N) is 2. The first kappa shape index (κ1) is 15.5. The first-order valence-corrected chi connectivity index (χ1v) is 7.26. The number of H-pyrrole nitrogens is 1. The van der Waals surface area contributed by atoms with Crippen molar-refractivity contribution < 1.29 is 14.5 Å². The number of aromatic nitrogens is 2. The summed E-state index contributed by atoms with van der Waals surface area (Å²) in [5, 5.41) is 13.7. The summed E-state index contributed by atoms with van der Waals surface area (Å²) in [5.41, 5.74) is 1.38. The van der Waals surface area contributed by atoms with Gasteiger partial charge in [0.05, 0.1) is 22.6 Å². The summed E-state index contributed by atoms with van der Waals surface area (Å²) in [6.45, 7) is 2.03. The second kappa shape index (κ2) is 6.37. The molecular formula is C16H14N4O4. The van der Waals surface area contributed by atoms with Crippen LogP contribution in [0.2, 0.25) is 0 Å². The maximum absolute atomic E-state index is 12.3. The van der Waals surface area contributed by atoms with Crippen LogP contribution < -0.4 is 10.1 Å². The molecule has 3 aromatic rings. The van der Waals surface area contributed by atoms with Gasteiger partial charge < -0.3 is 9.72 Å². The number of nitrogens with zero attached hydrogens (tertiary/aromatic N) is 2. The molecule has 0 spiro atoms. The summed E-state index contributed by atoms with van der Waals surface area (Å²) in [5.74, 6) is -0.0965. The molecule has 8 nitrogen and oxygen atoms in total. The first-order chi connectivity index (χ1) is 11.6. The van der Waals surface area contributed by atoms with E-state index in [2.05, 4.69) is 15.3 Å². The molecule has 2 aromatic carbocycles. The van der Waals surface area contributed by atoms with Crippen LogP contribution in [0, 0.1) is 10.1 Å². The SMILES string of the molecule is CCOc1ccc(C(=O)Nc2nc3ccccc3[nH]2)cc1[N+](=O)[O-]. The van der Waals surface area contributed by atoms with E-state index in [1.165, 1.54) is 18.2 Å². The smallest absolute Gasteiger partial charge is 0.311 e. The van der Waals surface area contributed by atoms with E-state index >= 15 is 0 Å². The minimum atomic E-state index is -0.580. The summed E-state index contributed by atoms with van der Waals surface area (Å²) >= 11 is 0. The number of amides is 1. The summed E-state index contributed by atoms with van der Waals surface area (Å²) in [7, 11) is 0. The maximum Gasteiger partial charge on any atom is 0.311 e. The molecule has 122 valence electrons. The number of carbonyl (C=O) groups is 1. The van der Waals surface area contributed by atoms with Crippen LogP contribution in [-0.2, 0) is 0 Å². The fraction of sp³-hybridized carbons (Fsp3) is 0.125. The Kier molecular flexibility index (Phi) is 4.11. The number of carbonyl (C=O) groups excluding carboxylic acids is 1. The monoisotopic (exact) mass is 326 g/mol. The molecule has 0 atom stereocenters. The number of hydrogen-bond acceptors (Lipinski definition) is 5. The van der Waals surface area contributed by atoms with Crippen molar-refractivity contribution in [3.05, 3.63) is 58.1 Å². The molecule has 0 aliphatic carbocycles. The predicted octanol–water partition coefficient (Wildman–Crippen LogP) is 3.12. The number of imidazole rings is 1. The fourth-order valence-corrected chi connectivity index (χ4v) is 2.27. The predicted molar refractivity (Wildman–Crippen MR) is 88.3 cm³/mol. The van der Waals surface area contributed by atoms with E-state index in [1.807, 2.05) is 24.3 Å². The van der Waals surface area contributed by atoms with Crippen LogP contribution in [0.15, 0.2) is 42.5 Å². The molecule has 2 N–H and O–H groups in total. The van der Waals surface area contributed by atoms with Crippen LogP contribution in [-0.4, -0.2) is 27.4 Å². The zero-order valence-electron chi connectivity index (χ0n) is 12.8. The summed E-state index contributed by atoms with van der Waals surface area (Å²) < 4.78 is 5.20. The standard InChI is InChI=1S/C16H14N4O4/c1-2-24-14-8-7-10(9-13(14)20(22)23)15(21)19-16-17-11-5-3-4-6-12(11)18-16/h3-9H,2H2,1H3,(H2,17,18,19,21). The Morgan fingerprint density at radius 2 is 2.12 bits per heavy atom. The Morgan fingerprint density at radius 3 is 2.83 bits per heavy atom. The van der Waals surface area contributed by atoms with E-state index in [9.17, 15) is 14.9 Å². The van der Waals surface area contributed by atoms with Crippen LogP contribution in [0.4, 0.5) is 11.6 Å². The lowest BCUT2D eigenvalue weighted by Gasteiger charge is -2.06. The molecule has 0 fully saturated rings. The van der Waals surface area contributed by atoms with Gasteiger partial charge in [-0.15, -0.1) is 0 Å². The van der Waals surface area contributed by atoms with Crippen molar-refractivity contribution >= 4 is 28.6 Å². The molecule has 1 aromatic heterocycles. The largest absolute Gasteiger partial charge is 0.487 e. The van der Waals surface area contributed by atoms with Gasteiger partial charge >= 0.3 is 5.69 Å². The topological polar surface area (TPSA) is 110 Å². The second-order valence-corrected chi connectivity index (χ2v) is 4.93. The number of fused-ring (bicyclic) bond motifs is 1. The van der Waals surface area contributed by atoms with Gasteiger partial charge in [0.2, 0.25) is 5.95 Å². The average Bonchev–Trinajstić information content (AvgIpc) is 2.97. The van der Waals surface area contributed by atoms with Gasteiger partial charge in [-0.1, -0.05) is 12.1 Å². The Hall–Kier alpha value is -3.42. The molecule has 0 radical (unpaired) electrons. The minimum absolute atomic E-state index is 0.128. The van der Waals surface area contributed by atoms with Gasteiger partial charge in [-0.3, -0.25) is 20.2 Å². The number of benzene rings is 2. The number of anilines is 1. The third kappa shape index (κ3) is 3.02. The lowest BCUT2D eigenvalue weighted by atomic mass is 10.1. The summed E-state index contributed by atoms with van der Waals surface area (Å²) in [4.78, 5) is 30.0. The first-order valence-electron chi connectivity index (χ1n) is 7.26. The minimum Gasteiger partial charge on any atom is -0.487 e. The highest BCUT2D eigenvalue weighted by atomic mass is 16.6. The molecule has 0 aliphatic rings. The molecule has 0 bridgehead atoms. The third-order valence-corrected chi connectivity index (χ3v) is 3.34. The molecule has 0 aliphatic heterocycles. The number of aromatic amines is 1. The van der Waals surface area contributed by atoms with Crippen LogP contribution >= 0.6 is 0 Å². The quantitative estimate of drug-likeness (QED) is 0.553. The Morgan fingerprint density at radius 1 is 1.33 bits per heavy atom. The van der Waals surface area contributed by atoms with Crippen molar-refractivity contribution in [3.8, 4) is 5.75 Å². The molecule has 1 amide bonds. The van der Waals surface area contributed by atoms with E-state index in [0.717, 1.165) is 5.52 Å². The summed E-state index contributed by atoms with van der Waals surface area (Å²) in [6, 6.07) is 11.4. The molecule has 0 unspecified atom stereocenters. The highest BCUT2D eigenvalue weighted by Gasteiger charge is 2.19. The van der Waals surface area contributed by atoms with Gasteiger partial charge in [0.25, 0.3) is 5.91 Å². The average molecular weight is 326 g/mol. The second-order valence-electron chi connectivity index (χ2n) is 4.93. The van der Waals surface area contributed by atoms with Crippen molar-refractivity contribution in [3.63, 3.8) is 0 Å². The van der Waals surface area contributed by atoms with Gasteiger partial charge in [-0.05, 0) is 31.2 Å². The van der Waals surface area contributed by atoms with Gasteiger partial charge in [0.15, 0.2) is 5.75 Å². The lowest BCUT2D eigenvalue weighted by molar-refractivity contribution is -0.385. The van der Waals surface area contributed by atoms with Crippen LogP contribution in [0.3, 0.4) is 0 Å².